The van der Waals surface area contributed by atoms with Gasteiger partial charge in [0.2, 0.25) is 0 Å². The van der Waals surface area contributed by atoms with Gasteiger partial charge in [-0.05, 0) is 36.4 Å². The zero-order valence-corrected chi connectivity index (χ0v) is 12.1. The van der Waals surface area contributed by atoms with Gasteiger partial charge < -0.3 is 5.48 Å². The maximum absolute atomic E-state index is 2.24. The Morgan fingerprint density at radius 1 is 0.476 bits per heavy atom. The lowest BCUT2D eigenvalue weighted by Crippen LogP contribution is -2.33. The number of quaternary nitrogens is 1. The molecule has 0 spiro atoms. The van der Waals surface area contributed by atoms with Gasteiger partial charge in [-0.1, -0.05) is 54.6 Å². The van der Waals surface area contributed by atoms with E-state index >= 15 is 0 Å². The zero-order valence-electron chi connectivity index (χ0n) is 12.1. The zero-order chi connectivity index (χ0) is 13.8. The molecule has 2 nitrogen and oxygen atoms in total. The van der Waals surface area contributed by atoms with E-state index in [4.69, 9.17) is 0 Å². The Morgan fingerprint density at radius 2 is 0.714 bits per heavy atom. The van der Waals surface area contributed by atoms with Crippen molar-refractivity contribution in [3.8, 4) is 0 Å². The summed E-state index contributed by atoms with van der Waals surface area (Å²) in [4.78, 5) is 0. The molecule has 0 saturated carbocycles. The van der Waals surface area contributed by atoms with Crippen LogP contribution in [-0.2, 0) is 0 Å². The van der Waals surface area contributed by atoms with Gasteiger partial charge in [0.15, 0.2) is 0 Å². The summed E-state index contributed by atoms with van der Waals surface area (Å²) in [5.41, 5.74) is 3.76. The third kappa shape index (κ3) is 2.72. The lowest BCUT2D eigenvalue weighted by atomic mass is 10.1. The van der Waals surface area contributed by atoms with Crippen LogP contribution in [0.5, 0.6) is 0 Å². The maximum Gasteiger partial charge on any atom is 0.142 e. The highest BCUT2D eigenvalue weighted by Crippen LogP contribution is 2.40. The van der Waals surface area contributed by atoms with Crippen LogP contribution in [0.15, 0.2) is 91.0 Å². The second kappa shape index (κ2) is 6.35. The first-order valence-corrected chi connectivity index (χ1v) is 6.85. The van der Waals surface area contributed by atoms with E-state index in [2.05, 4.69) is 98.0 Å². The molecule has 0 atom stereocenters. The first-order chi connectivity index (χ1) is 9.82. The van der Waals surface area contributed by atoms with Crippen LogP contribution in [0.4, 0.5) is 17.1 Å². The van der Waals surface area contributed by atoms with Gasteiger partial charge in [0, 0.05) is 0 Å². The van der Waals surface area contributed by atoms with Gasteiger partial charge >= 0.3 is 0 Å². The minimum atomic E-state index is 0. The number of hydrogen-bond donors (Lipinski definition) is 0. The van der Waals surface area contributed by atoms with Gasteiger partial charge in [-0.3, -0.25) is 0 Å². The number of benzene rings is 3. The van der Waals surface area contributed by atoms with E-state index in [9.17, 15) is 0 Å². The molecule has 1 N–H and O–H groups in total. The van der Waals surface area contributed by atoms with Gasteiger partial charge in [-0.25, -0.2) is 4.48 Å². The van der Waals surface area contributed by atoms with Gasteiger partial charge in [0.1, 0.15) is 17.1 Å². The van der Waals surface area contributed by atoms with Crippen LogP contribution < -0.4 is 4.48 Å². The van der Waals surface area contributed by atoms with Crippen LogP contribution in [0, 0.1) is 0 Å². The normalized spacial score (nSPS) is 10.7. The molecular weight excluding hydrogens is 258 g/mol. The van der Waals surface area contributed by atoms with Crippen molar-refractivity contribution in [2.45, 2.75) is 0 Å². The van der Waals surface area contributed by atoms with Gasteiger partial charge in [0.05, 0.1) is 7.05 Å². The number of nitrogens with zero attached hydrogens (tertiary/aromatic N) is 1. The number of rotatable bonds is 3. The molecule has 0 aliphatic carbocycles. The van der Waals surface area contributed by atoms with E-state index in [0.29, 0.717) is 4.48 Å². The molecule has 0 bridgehead atoms. The summed E-state index contributed by atoms with van der Waals surface area (Å²) in [6, 6.07) is 31.8. The van der Waals surface area contributed by atoms with E-state index in [1.54, 1.807) is 0 Å². The fourth-order valence-corrected chi connectivity index (χ4v) is 2.63. The molecule has 3 aromatic rings. The van der Waals surface area contributed by atoms with Crippen molar-refractivity contribution in [2.75, 3.05) is 7.05 Å². The second-order valence-corrected chi connectivity index (χ2v) is 5.01. The van der Waals surface area contributed by atoms with Crippen LogP contribution in [-0.4, -0.2) is 12.5 Å². The predicted octanol–water partition coefficient (Wildman–Crippen LogP) is 5.11. The highest BCUT2D eigenvalue weighted by Gasteiger charge is 2.30. The first kappa shape index (κ1) is 15.0. The van der Waals surface area contributed by atoms with Crippen LogP contribution in [0.25, 0.3) is 0 Å². The smallest absolute Gasteiger partial charge is 0.142 e. The SMILES string of the molecule is C[N+](c1ccccc1)(c1ccccc1)c1ccccc1.[OH-]. The molecule has 0 radical (unpaired) electrons. The Hall–Kier alpha value is -2.42. The lowest BCUT2D eigenvalue weighted by Gasteiger charge is -2.33. The van der Waals surface area contributed by atoms with Crippen molar-refractivity contribution in [1.29, 1.82) is 0 Å². The Morgan fingerprint density at radius 3 is 0.952 bits per heavy atom. The fourth-order valence-electron chi connectivity index (χ4n) is 2.63. The molecule has 3 rings (SSSR count). The summed E-state index contributed by atoms with van der Waals surface area (Å²) in [5, 5.41) is 0. The molecule has 0 aliphatic rings. The maximum atomic E-state index is 2.24. The molecular formula is C19H19NO. The topological polar surface area (TPSA) is 30.0 Å². The van der Waals surface area contributed by atoms with Crippen LogP contribution >= 0.6 is 0 Å². The average Bonchev–Trinajstić information content (AvgIpc) is 2.56. The summed E-state index contributed by atoms with van der Waals surface area (Å²) in [5.74, 6) is 0. The molecule has 21 heavy (non-hydrogen) atoms. The standard InChI is InChI=1S/C19H18N.H2O/c1-20(17-11-5-2-6-12-17,18-13-7-3-8-14-18)19-15-9-4-10-16-19;/h2-16H,1H3;1H2/q+1;/p-1. The minimum absolute atomic E-state index is 0. The molecule has 0 unspecified atom stereocenters. The summed E-state index contributed by atoms with van der Waals surface area (Å²) < 4.78 is 0.669. The molecule has 0 aromatic heterocycles. The third-order valence-electron chi connectivity index (χ3n) is 3.82. The first-order valence-electron chi connectivity index (χ1n) is 6.85. The van der Waals surface area contributed by atoms with Gasteiger partial charge in [-0.15, -0.1) is 0 Å². The van der Waals surface area contributed by atoms with Crippen molar-refractivity contribution in [2.24, 2.45) is 0 Å². The molecule has 0 fully saturated rings. The largest absolute Gasteiger partial charge is 0.870 e. The molecule has 0 saturated heterocycles. The lowest BCUT2D eigenvalue weighted by molar-refractivity contribution is 0.627. The van der Waals surface area contributed by atoms with Crippen molar-refractivity contribution < 1.29 is 5.48 Å². The monoisotopic (exact) mass is 277 g/mol. The Kier molecular flexibility index (Phi) is 4.53. The van der Waals surface area contributed by atoms with E-state index in [-0.39, 0.29) is 5.48 Å². The summed E-state index contributed by atoms with van der Waals surface area (Å²) >= 11 is 0. The van der Waals surface area contributed by atoms with Crippen molar-refractivity contribution in [3.63, 3.8) is 0 Å². The number of para-hydroxylation sites is 3. The highest BCUT2D eigenvalue weighted by molar-refractivity contribution is 5.69. The minimum Gasteiger partial charge on any atom is -0.870 e. The third-order valence-corrected chi connectivity index (χ3v) is 3.82. The van der Waals surface area contributed by atoms with Crippen LogP contribution in [0.3, 0.4) is 0 Å². The van der Waals surface area contributed by atoms with E-state index in [1.165, 1.54) is 17.1 Å². The molecule has 0 heterocycles. The Bertz CT molecular complexity index is 569. The van der Waals surface area contributed by atoms with Crippen molar-refractivity contribution in [1.82, 2.24) is 4.48 Å². The predicted molar refractivity (Wildman–Crippen MR) is 88.3 cm³/mol. The second-order valence-electron chi connectivity index (χ2n) is 5.01. The van der Waals surface area contributed by atoms with Crippen molar-refractivity contribution in [3.05, 3.63) is 91.0 Å². The van der Waals surface area contributed by atoms with E-state index in [1.807, 2.05) is 0 Å². The van der Waals surface area contributed by atoms with E-state index < -0.39 is 0 Å². The van der Waals surface area contributed by atoms with Crippen LogP contribution in [0.1, 0.15) is 0 Å². The highest BCUT2D eigenvalue weighted by atomic mass is 16.0. The van der Waals surface area contributed by atoms with Gasteiger partial charge in [-0.2, -0.15) is 0 Å². The van der Waals surface area contributed by atoms with Crippen molar-refractivity contribution >= 4 is 17.1 Å². The summed E-state index contributed by atoms with van der Waals surface area (Å²) in [7, 11) is 2.24. The van der Waals surface area contributed by atoms with Crippen LogP contribution in [0.2, 0.25) is 0 Å². The number of hydrogen-bond acceptors (Lipinski definition) is 1. The molecule has 3 aromatic carbocycles. The van der Waals surface area contributed by atoms with Gasteiger partial charge in [0.25, 0.3) is 0 Å². The molecule has 2 heteroatoms. The quantitative estimate of drug-likeness (QED) is 0.612. The summed E-state index contributed by atoms with van der Waals surface area (Å²) in [6.07, 6.45) is 0. The molecule has 0 amide bonds. The Labute approximate surface area is 125 Å². The molecule has 106 valence electrons. The van der Waals surface area contributed by atoms with E-state index in [0.717, 1.165) is 0 Å². The molecule has 0 aliphatic heterocycles. The summed E-state index contributed by atoms with van der Waals surface area (Å²) in [6.45, 7) is 0. The Balaban J connectivity index is 0.00000161. The average molecular weight is 277 g/mol. The fraction of sp³-hybridized carbons (Fsp3) is 0.0526.